The predicted octanol–water partition coefficient (Wildman–Crippen LogP) is 2.85. The molecule has 1 aliphatic heterocycles. The van der Waals surface area contributed by atoms with Gasteiger partial charge in [-0.1, -0.05) is 0 Å². The van der Waals surface area contributed by atoms with Crippen molar-refractivity contribution in [3.05, 3.63) is 35.5 Å². The average molecular weight is 280 g/mol. The van der Waals surface area contributed by atoms with E-state index in [1.54, 1.807) is 12.1 Å². The number of nitriles is 2. The number of aryl methyl sites for hydroxylation is 1. The third-order valence-electron chi connectivity index (χ3n) is 3.44. The number of nitrogens with one attached hydrogen (secondary N) is 1. The number of amides is 1. The van der Waals surface area contributed by atoms with Crippen molar-refractivity contribution in [2.75, 3.05) is 16.8 Å². The van der Waals surface area contributed by atoms with E-state index in [1.165, 1.54) is 6.20 Å². The number of hydrogen-bond donors (Lipinski definition) is 1. The molecule has 0 unspecified atom stereocenters. The van der Waals surface area contributed by atoms with Gasteiger partial charge < -0.3 is 10.2 Å². The SMILES string of the molecule is Cc1cc(NC=C(C#N)C#N)ccc1N1CCCCC1=O. The van der Waals surface area contributed by atoms with Crippen LogP contribution in [-0.4, -0.2) is 12.5 Å². The number of nitrogens with zero attached hydrogens (tertiary/aromatic N) is 3. The fraction of sp³-hybridized carbons (Fsp3) is 0.312. The average Bonchev–Trinajstić information content (AvgIpc) is 2.49. The van der Waals surface area contributed by atoms with E-state index >= 15 is 0 Å². The van der Waals surface area contributed by atoms with E-state index in [0.717, 1.165) is 36.3 Å². The molecule has 0 bridgehead atoms. The van der Waals surface area contributed by atoms with Gasteiger partial charge in [-0.05, 0) is 43.5 Å². The first-order valence-corrected chi connectivity index (χ1v) is 6.83. The molecular weight excluding hydrogens is 264 g/mol. The molecule has 0 spiro atoms. The van der Waals surface area contributed by atoms with Gasteiger partial charge in [0.25, 0.3) is 0 Å². The van der Waals surface area contributed by atoms with Gasteiger partial charge in [0, 0.05) is 30.5 Å². The van der Waals surface area contributed by atoms with E-state index in [1.807, 2.05) is 30.0 Å². The largest absolute Gasteiger partial charge is 0.360 e. The lowest BCUT2D eigenvalue weighted by Gasteiger charge is -2.28. The maximum absolute atomic E-state index is 12.0. The first kappa shape index (κ1) is 14.6. The summed E-state index contributed by atoms with van der Waals surface area (Å²) in [5.74, 6) is 0.168. The van der Waals surface area contributed by atoms with Crippen LogP contribution in [0.15, 0.2) is 30.0 Å². The van der Waals surface area contributed by atoms with E-state index < -0.39 is 0 Å². The maximum Gasteiger partial charge on any atom is 0.226 e. The summed E-state index contributed by atoms with van der Waals surface area (Å²) in [5.41, 5.74) is 2.71. The lowest BCUT2D eigenvalue weighted by Crippen LogP contribution is -2.35. The Morgan fingerprint density at radius 2 is 2.10 bits per heavy atom. The van der Waals surface area contributed by atoms with Crippen molar-refractivity contribution in [1.29, 1.82) is 10.5 Å². The van der Waals surface area contributed by atoms with Crippen molar-refractivity contribution >= 4 is 17.3 Å². The fourth-order valence-electron chi connectivity index (χ4n) is 2.35. The minimum atomic E-state index is 0.0166. The zero-order valence-electron chi connectivity index (χ0n) is 11.9. The third kappa shape index (κ3) is 3.40. The molecule has 2 rings (SSSR count). The Labute approximate surface area is 124 Å². The van der Waals surface area contributed by atoms with Crippen molar-refractivity contribution in [2.24, 2.45) is 0 Å². The van der Waals surface area contributed by atoms with E-state index in [4.69, 9.17) is 10.5 Å². The lowest BCUT2D eigenvalue weighted by atomic mass is 10.1. The normalized spacial score (nSPS) is 14.0. The molecule has 1 fully saturated rings. The minimum absolute atomic E-state index is 0.0166. The number of piperidine rings is 1. The van der Waals surface area contributed by atoms with Gasteiger partial charge in [-0.3, -0.25) is 4.79 Å². The smallest absolute Gasteiger partial charge is 0.226 e. The molecule has 1 N–H and O–H groups in total. The molecule has 0 aromatic heterocycles. The second kappa shape index (κ2) is 6.58. The second-order valence-corrected chi connectivity index (χ2v) is 4.93. The summed E-state index contributed by atoms with van der Waals surface area (Å²) in [5, 5.41) is 20.3. The highest BCUT2D eigenvalue weighted by molar-refractivity contribution is 5.95. The van der Waals surface area contributed by atoms with Crippen LogP contribution in [0.4, 0.5) is 11.4 Å². The standard InChI is InChI=1S/C16H16N4O/c1-12-8-14(19-11-13(9-17)10-18)5-6-15(12)20-7-3-2-4-16(20)21/h5-6,8,11,19H,2-4,7H2,1H3. The van der Waals surface area contributed by atoms with Gasteiger partial charge in [-0.15, -0.1) is 0 Å². The maximum atomic E-state index is 12.0. The third-order valence-corrected chi connectivity index (χ3v) is 3.44. The number of benzene rings is 1. The van der Waals surface area contributed by atoms with Crippen molar-refractivity contribution < 1.29 is 4.79 Å². The van der Waals surface area contributed by atoms with E-state index in [2.05, 4.69) is 5.32 Å². The van der Waals surface area contributed by atoms with Gasteiger partial charge >= 0.3 is 0 Å². The van der Waals surface area contributed by atoms with Gasteiger partial charge in [0.05, 0.1) is 0 Å². The first-order chi connectivity index (χ1) is 10.2. The molecule has 0 radical (unpaired) electrons. The summed E-state index contributed by atoms with van der Waals surface area (Å²) in [7, 11) is 0. The summed E-state index contributed by atoms with van der Waals surface area (Å²) < 4.78 is 0. The minimum Gasteiger partial charge on any atom is -0.360 e. The number of allylic oxidation sites excluding steroid dienone is 1. The number of carbonyl (C=O) groups excluding carboxylic acids is 1. The van der Waals surface area contributed by atoms with E-state index in [0.29, 0.717) is 6.42 Å². The monoisotopic (exact) mass is 280 g/mol. The van der Waals surface area contributed by atoms with Crippen molar-refractivity contribution in [2.45, 2.75) is 26.2 Å². The Hall–Kier alpha value is -2.79. The fourth-order valence-corrected chi connectivity index (χ4v) is 2.35. The van der Waals surface area contributed by atoms with Crippen molar-refractivity contribution in [3.63, 3.8) is 0 Å². The molecule has 0 aliphatic carbocycles. The number of rotatable bonds is 3. The number of hydrogen-bond acceptors (Lipinski definition) is 4. The first-order valence-electron chi connectivity index (χ1n) is 6.83. The summed E-state index contributed by atoms with van der Waals surface area (Å²) in [6.07, 6.45) is 3.97. The van der Waals surface area contributed by atoms with Crippen LogP contribution in [0.2, 0.25) is 0 Å². The molecule has 21 heavy (non-hydrogen) atoms. The molecule has 1 saturated heterocycles. The summed E-state index contributed by atoms with van der Waals surface area (Å²) in [4.78, 5) is 13.8. The van der Waals surface area contributed by atoms with Crippen LogP contribution in [0.3, 0.4) is 0 Å². The molecule has 1 aromatic rings. The molecule has 0 atom stereocenters. The summed E-state index contributed by atoms with van der Waals surface area (Å²) >= 11 is 0. The molecule has 106 valence electrons. The van der Waals surface area contributed by atoms with Gasteiger partial charge in [0.2, 0.25) is 5.91 Å². The lowest BCUT2D eigenvalue weighted by molar-refractivity contribution is -0.119. The highest BCUT2D eigenvalue weighted by Gasteiger charge is 2.20. The van der Waals surface area contributed by atoms with E-state index in [-0.39, 0.29) is 11.5 Å². The molecule has 5 nitrogen and oxygen atoms in total. The van der Waals surface area contributed by atoms with Crippen LogP contribution in [-0.2, 0) is 4.79 Å². The molecule has 1 aromatic carbocycles. The Balaban J connectivity index is 2.18. The van der Waals surface area contributed by atoms with Crippen LogP contribution in [0, 0.1) is 29.6 Å². The molecule has 1 heterocycles. The van der Waals surface area contributed by atoms with Crippen LogP contribution in [0.1, 0.15) is 24.8 Å². The van der Waals surface area contributed by atoms with Crippen LogP contribution in [0.5, 0.6) is 0 Å². The van der Waals surface area contributed by atoms with Crippen molar-refractivity contribution in [3.8, 4) is 12.1 Å². The zero-order valence-corrected chi connectivity index (χ0v) is 11.9. The quantitative estimate of drug-likeness (QED) is 0.863. The molecule has 1 amide bonds. The summed E-state index contributed by atoms with van der Waals surface area (Å²) in [6, 6.07) is 9.22. The predicted molar refractivity (Wildman–Crippen MR) is 80.3 cm³/mol. The Morgan fingerprint density at radius 1 is 1.33 bits per heavy atom. The van der Waals surface area contributed by atoms with Crippen LogP contribution in [0.25, 0.3) is 0 Å². The highest BCUT2D eigenvalue weighted by Crippen LogP contribution is 2.27. The molecule has 5 heteroatoms. The van der Waals surface area contributed by atoms with Gasteiger partial charge in [-0.25, -0.2) is 0 Å². The molecule has 0 saturated carbocycles. The van der Waals surface area contributed by atoms with Gasteiger partial charge in [0.15, 0.2) is 0 Å². The van der Waals surface area contributed by atoms with Crippen molar-refractivity contribution in [1.82, 2.24) is 0 Å². The Kier molecular flexibility index (Phi) is 4.58. The van der Waals surface area contributed by atoms with Gasteiger partial charge in [0.1, 0.15) is 17.7 Å². The second-order valence-electron chi connectivity index (χ2n) is 4.93. The van der Waals surface area contributed by atoms with Crippen LogP contribution < -0.4 is 10.2 Å². The highest BCUT2D eigenvalue weighted by atomic mass is 16.2. The number of carbonyl (C=O) groups is 1. The molecule has 1 aliphatic rings. The van der Waals surface area contributed by atoms with Gasteiger partial charge in [-0.2, -0.15) is 10.5 Å². The Bertz CT molecular complexity index is 648. The van der Waals surface area contributed by atoms with E-state index in [9.17, 15) is 4.79 Å². The topological polar surface area (TPSA) is 79.9 Å². The Morgan fingerprint density at radius 3 is 2.71 bits per heavy atom. The zero-order chi connectivity index (χ0) is 15.2. The number of anilines is 2. The molecular formula is C16H16N4O. The summed E-state index contributed by atoms with van der Waals surface area (Å²) in [6.45, 7) is 2.71. The van der Waals surface area contributed by atoms with Crippen LogP contribution >= 0.6 is 0 Å².